The Morgan fingerprint density at radius 3 is 2.77 bits per heavy atom. The number of ether oxygens (including phenoxy) is 1. The summed E-state index contributed by atoms with van der Waals surface area (Å²) in [6.07, 6.45) is 5.43. The Bertz CT molecular complexity index is 729. The summed E-state index contributed by atoms with van der Waals surface area (Å²) >= 11 is 0. The first-order valence-corrected chi connectivity index (χ1v) is 7.15. The van der Waals surface area contributed by atoms with E-state index >= 15 is 0 Å². The maximum atomic E-state index is 11.6. The Labute approximate surface area is 130 Å². The third-order valence-corrected chi connectivity index (χ3v) is 3.55. The van der Waals surface area contributed by atoms with Gasteiger partial charge in [-0.25, -0.2) is 4.79 Å². The zero-order valence-electron chi connectivity index (χ0n) is 13.4. The lowest BCUT2D eigenvalue weighted by atomic mass is 10.2. The van der Waals surface area contributed by atoms with Gasteiger partial charge in [0.15, 0.2) is 0 Å². The van der Waals surface area contributed by atoms with Gasteiger partial charge in [-0.2, -0.15) is 0 Å². The second-order valence-corrected chi connectivity index (χ2v) is 4.88. The van der Waals surface area contributed by atoms with Crippen LogP contribution in [0.3, 0.4) is 0 Å². The second-order valence-electron chi connectivity index (χ2n) is 4.88. The van der Waals surface area contributed by atoms with Crippen molar-refractivity contribution in [2.45, 2.75) is 20.4 Å². The summed E-state index contributed by atoms with van der Waals surface area (Å²) in [5.74, 6) is 0. The number of fused-ring (bicyclic) bond motifs is 1. The van der Waals surface area contributed by atoms with Gasteiger partial charge in [0.2, 0.25) is 0 Å². The predicted molar refractivity (Wildman–Crippen MR) is 90.7 cm³/mol. The van der Waals surface area contributed by atoms with Crippen molar-refractivity contribution in [2.75, 3.05) is 19.1 Å². The highest BCUT2D eigenvalue weighted by Gasteiger charge is 2.12. The maximum absolute atomic E-state index is 11.6. The fourth-order valence-corrected chi connectivity index (χ4v) is 2.31. The molecule has 0 aliphatic carbocycles. The average molecular weight is 299 g/mol. The first-order valence-electron chi connectivity index (χ1n) is 7.15. The zero-order valence-corrected chi connectivity index (χ0v) is 13.4. The molecular formula is C17H21N3O2. The van der Waals surface area contributed by atoms with E-state index in [1.54, 1.807) is 13.3 Å². The fourth-order valence-electron chi connectivity index (χ4n) is 2.31. The number of carbonyl (C=O) groups is 1. The Kier molecular flexibility index (Phi) is 4.99. The van der Waals surface area contributed by atoms with Crippen LogP contribution in [0, 0.1) is 0 Å². The van der Waals surface area contributed by atoms with Crippen LogP contribution >= 0.6 is 0 Å². The zero-order chi connectivity index (χ0) is 16.1. The van der Waals surface area contributed by atoms with Crippen LogP contribution in [0.1, 0.15) is 13.8 Å². The number of anilines is 1. The van der Waals surface area contributed by atoms with Gasteiger partial charge in [-0.05, 0) is 37.4 Å². The van der Waals surface area contributed by atoms with Crippen molar-refractivity contribution in [3.05, 3.63) is 42.2 Å². The number of carbonyl (C=O) groups excluding carboxylic acids is 1. The summed E-state index contributed by atoms with van der Waals surface area (Å²) in [4.78, 5) is 17.5. The molecule has 1 heterocycles. The molecule has 0 unspecified atom stereocenters. The van der Waals surface area contributed by atoms with Crippen LogP contribution in [0.25, 0.3) is 10.9 Å². The summed E-state index contributed by atoms with van der Waals surface area (Å²) in [7, 11) is 3.07. The minimum absolute atomic E-state index is 0.387. The van der Waals surface area contributed by atoms with Crippen LogP contribution in [-0.4, -0.2) is 31.0 Å². The number of amides is 1. The molecule has 1 aromatic carbocycles. The molecule has 0 radical (unpaired) electrons. The molecule has 0 fully saturated rings. The third kappa shape index (κ3) is 3.19. The lowest BCUT2D eigenvalue weighted by Gasteiger charge is -2.16. The first kappa shape index (κ1) is 15.8. The lowest BCUT2D eigenvalue weighted by Crippen LogP contribution is -2.25. The normalized spacial score (nSPS) is 12.1. The van der Waals surface area contributed by atoms with Crippen molar-refractivity contribution < 1.29 is 9.53 Å². The van der Waals surface area contributed by atoms with Gasteiger partial charge < -0.3 is 9.30 Å². The van der Waals surface area contributed by atoms with Gasteiger partial charge in [0.05, 0.1) is 24.9 Å². The number of hydrogen-bond donors (Lipinski definition) is 0. The molecule has 2 rings (SSSR count). The second kappa shape index (κ2) is 6.93. The molecule has 1 aromatic heterocycles. The van der Waals surface area contributed by atoms with Crippen molar-refractivity contribution in [3.8, 4) is 0 Å². The standard InChI is InChI=1S/C17H21N3O2/c1-5-14(18-6-2)12-20-10-9-13-7-8-15(11-16(13)20)19(3)17(21)22-4/h5-11H,12H2,1-4H3/b14-5-,18-6?. The summed E-state index contributed by atoms with van der Waals surface area (Å²) in [5.41, 5.74) is 2.84. The largest absolute Gasteiger partial charge is 0.452 e. The van der Waals surface area contributed by atoms with Crippen LogP contribution in [0.2, 0.25) is 0 Å². The molecule has 2 aromatic rings. The van der Waals surface area contributed by atoms with E-state index in [0.717, 1.165) is 22.3 Å². The van der Waals surface area contributed by atoms with Crippen molar-refractivity contribution in [3.63, 3.8) is 0 Å². The van der Waals surface area contributed by atoms with Crippen LogP contribution in [0.4, 0.5) is 10.5 Å². The molecule has 5 nitrogen and oxygen atoms in total. The molecule has 0 aliphatic heterocycles. The molecule has 22 heavy (non-hydrogen) atoms. The number of aliphatic imine (C=N–C) groups is 1. The first-order chi connectivity index (χ1) is 10.6. The van der Waals surface area contributed by atoms with Gasteiger partial charge in [0.1, 0.15) is 0 Å². The van der Waals surface area contributed by atoms with Crippen molar-refractivity contribution in [1.82, 2.24) is 4.57 Å². The van der Waals surface area contributed by atoms with Gasteiger partial charge in [-0.3, -0.25) is 9.89 Å². The predicted octanol–water partition coefficient (Wildman–Crippen LogP) is 3.84. The highest BCUT2D eigenvalue weighted by Crippen LogP contribution is 2.24. The van der Waals surface area contributed by atoms with E-state index in [2.05, 4.69) is 15.6 Å². The monoisotopic (exact) mass is 299 g/mol. The molecule has 1 amide bonds. The Balaban J connectivity index is 2.39. The summed E-state index contributed by atoms with van der Waals surface area (Å²) < 4.78 is 6.87. The minimum Gasteiger partial charge on any atom is -0.452 e. The molecule has 116 valence electrons. The van der Waals surface area contributed by atoms with E-state index in [4.69, 9.17) is 4.74 Å². The van der Waals surface area contributed by atoms with Gasteiger partial charge in [0.25, 0.3) is 0 Å². The Morgan fingerprint density at radius 2 is 2.14 bits per heavy atom. The molecule has 0 spiro atoms. The highest BCUT2D eigenvalue weighted by molar-refractivity contribution is 5.91. The lowest BCUT2D eigenvalue weighted by molar-refractivity contribution is 0.180. The molecule has 0 N–H and O–H groups in total. The molecule has 5 heteroatoms. The van der Waals surface area contributed by atoms with Crippen molar-refractivity contribution >= 4 is 28.9 Å². The third-order valence-electron chi connectivity index (χ3n) is 3.55. The van der Waals surface area contributed by atoms with Gasteiger partial charge in [-0.1, -0.05) is 12.1 Å². The number of benzene rings is 1. The molecular weight excluding hydrogens is 278 g/mol. The van der Waals surface area contributed by atoms with E-state index in [1.807, 2.05) is 44.3 Å². The molecule has 0 aliphatic rings. The topological polar surface area (TPSA) is 46.8 Å². The van der Waals surface area contributed by atoms with E-state index in [9.17, 15) is 4.79 Å². The summed E-state index contributed by atoms with van der Waals surface area (Å²) in [5, 5.41) is 1.12. The average Bonchev–Trinajstić information content (AvgIpc) is 2.95. The van der Waals surface area contributed by atoms with Crippen LogP contribution in [0.5, 0.6) is 0 Å². The summed E-state index contributed by atoms with van der Waals surface area (Å²) in [6, 6.07) is 7.94. The molecule has 0 saturated heterocycles. The Hall–Kier alpha value is -2.56. The van der Waals surface area contributed by atoms with E-state index in [-0.39, 0.29) is 6.09 Å². The quantitative estimate of drug-likeness (QED) is 0.805. The number of methoxy groups -OCH3 is 1. The van der Waals surface area contributed by atoms with Crippen LogP contribution in [-0.2, 0) is 11.3 Å². The van der Waals surface area contributed by atoms with Crippen LogP contribution in [0.15, 0.2) is 47.2 Å². The maximum Gasteiger partial charge on any atom is 0.413 e. The molecule has 0 saturated carbocycles. The summed E-state index contributed by atoms with van der Waals surface area (Å²) in [6.45, 7) is 4.57. The SMILES string of the molecule is CC=N/C(=C\C)Cn1ccc2ccc(N(C)C(=O)OC)cc21. The van der Waals surface area contributed by atoms with Gasteiger partial charge in [0, 0.05) is 25.1 Å². The van der Waals surface area contributed by atoms with E-state index in [0.29, 0.717) is 6.54 Å². The number of hydrogen-bond acceptors (Lipinski definition) is 3. The number of aromatic nitrogens is 1. The van der Waals surface area contributed by atoms with Gasteiger partial charge >= 0.3 is 6.09 Å². The fraction of sp³-hybridized carbons (Fsp3) is 0.294. The number of nitrogens with zero attached hydrogens (tertiary/aromatic N) is 3. The van der Waals surface area contributed by atoms with E-state index in [1.165, 1.54) is 12.0 Å². The van der Waals surface area contributed by atoms with Crippen molar-refractivity contribution in [1.29, 1.82) is 0 Å². The molecule has 0 atom stereocenters. The number of rotatable bonds is 4. The Morgan fingerprint density at radius 1 is 1.36 bits per heavy atom. The van der Waals surface area contributed by atoms with Gasteiger partial charge in [-0.15, -0.1) is 0 Å². The van der Waals surface area contributed by atoms with Crippen molar-refractivity contribution in [2.24, 2.45) is 4.99 Å². The minimum atomic E-state index is -0.387. The van der Waals surface area contributed by atoms with E-state index < -0.39 is 0 Å². The smallest absolute Gasteiger partial charge is 0.413 e. The molecule has 0 bridgehead atoms. The number of allylic oxidation sites excluding steroid dienone is 2. The van der Waals surface area contributed by atoms with Crippen LogP contribution < -0.4 is 4.90 Å². The highest BCUT2D eigenvalue weighted by atomic mass is 16.5.